The van der Waals surface area contributed by atoms with Crippen molar-refractivity contribution in [1.29, 1.82) is 0 Å². The second-order valence-electron chi connectivity index (χ2n) is 3.94. The van der Waals surface area contributed by atoms with Crippen molar-refractivity contribution in [2.24, 2.45) is 5.73 Å². The van der Waals surface area contributed by atoms with Gasteiger partial charge in [0.1, 0.15) is 18.0 Å². The van der Waals surface area contributed by atoms with Gasteiger partial charge in [-0.1, -0.05) is 18.2 Å². The zero-order chi connectivity index (χ0) is 12.8. The summed E-state index contributed by atoms with van der Waals surface area (Å²) in [6.07, 6.45) is 1.53. The third-order valence-corrected chi connectivity index (χ3v) is 2.53. The molecule has 2 aromatic rings. The van der Waals surface area contributed by atoms with Gasteiger partial charge in [-0.15, -0.1) is 0 Å². The SMILES string of the molecule is Cc1ccccc1Nc1cc(NCCN)ncn1. The average molecular weight is 243 g/mol. The van der Waals surface area contributed by atoms with Crippen LogP contribution in [0, 0.1) is 6.92 Å². The van der Waals surface area contributed by atoms with E-state index in [1.165, 1.54) is 11.9 Å². The fraction of sp³-hybridized carbons (Fsp3) is 0.231. The Bertz CT molecular complexity index is 512. The Labute approximate surface area is 106 Å². The van der Waals surface area contributed by atoms with E-state index in [1.807, 2.05) is 24.3 Å². The predicted molar refractivity (Wildman–Crippen MR) is 74.0 cm³/mol. The van der Waals surface area contributed by atoms with Crippen molar-refractivity contribution in [2.45, 2.75) is 6.92 Å². The Morgan fingerprint density at radius 2 is 1.94 bits per heavy atom. The van der Waals surface area contributed by atoms with Crippen LogP contribution >= 0.6 is 0 Å². The first kappa shape index (κ1) is 12.3. The molecular formula is C13H17N5. The van der Waals surface area contributed by atoms with Crippen molar-refractivity contribution in [3.8, 4) is 0 Å². The number of hydrogen-bond donors (Lipinski definition) is 3. The normalized spacial score (nSPS) is 10.1. The molecule has 0 saturated carbocycles. The van der Waals surface area contributed by atoms with Gasteiger partial charge in [-0.3, -0.25) is 0 Å². The molecule has 4 N–H and O–H groups in total. The maximum Gasteiger partial charge on any atom is 0.135 e. The third-order valence-electron chi connectivity index (χ3n) is 2.53. The number of para-hydroxylation sites is 1. The molecule has 0 aliphatic rings. The van der Waals surface area contributed by atoms with E-state index < -0.39 is 0 Å². The van der Waals surface area contributed by atoms with Gasteiger partial charge in [0.2, 0.25) is 0 Å². The monoisotopic (exact) mass is 243 g/mol. The van der Waals surface area contributed by atoms with Crippen molar-refractivity contribution in [2.75, 3.05) is 23.7 Å². The molecular weight excluding hydrogens is 226 g/mol. The summed E-state index contributed by atoms with van der Waals surface area (Å²) < 4.78 is 0. The summed E-state index contributed by atoms with van der Waals surface area (Å²) in [5.41, 5.74) is 7.65. The lowest BCUT2D eigenvalue weighted by Gasteiger charge is -2.09. The molecule has 0 unspecified atom stereocenters. The molecule has 0 fully saturated rings. The van der Waals surface area contributed by atoms with Crippen LogP contribution in [0.2, 0.25) is 0 Å². The zero-order valence-corrected chi connectivity index (χ0v) is 10.4. The van der Waals surface area contributed by atoms with Gasteiger partial charge in [-0.05, 0) is 18.6 Å². The van der Waals surface area contributed by atoms with Gasteiger partial charge in [-0.25, -0.2) is 9.97 Å². The van der Waals surface area contributed by atoms with Crippen LogP contribution in [0.25, 0.3) is 0 Å². The minimum atomic E-state index is 0.574. The number of aryl methyl sites for hydroxylation is 1. The molecule has 0 radical (unpaired) electrons. The van der Waals surface area contributed by atoms with Crippen molar-refractivity contribution in [3.05, 3.63) is 42.2 Å². The third kappa shape index (κ3) is 3.18. The van der Waals surface area contributed by atoms with Gasteiger partial charge in [0, 0.05) is 24.8 Å². The Morgan fingerprint density at radius 1 is 1.17 bits per heavy atom. The molecule has 5 heteroatoms. The predicted octanol–water partition coefficient (Wildman–Crippen LogP) is 1.90. The number of aromatic nitrogens is 2. The molecule has 0 spiro atoms. The highest BCUT2D eigenvalue weighted by atomic mass is 15.1. The van der Waals surface area contributed by atoms with E-state index in [-0.39, 0.29) is 0 Å². The van der Waals surface area contributed by atoms with E-state index in [0.717, 1.165) is 17.3 Å². The molecule has 1 heterocycles. The van der Waals surface area contributed by atoms with E-state index in [0.29, 0.717) is 13.1 Å². The van der Waals surface area contributed by atoms with Crippen molar-refractivity contribution >= 4 is 17.3 Å². The highest BCUT2D eigenvalue weighted by Gasteiger charge is 2.00. The van der Waals surface area contributed by atoms with E-state index in [4.69, 9.17) is 5.73 Å². The standard InChI is InChI=1S/C13H17N5/c1-10-4-2-3-5-11(10)18-13-8-12(15-7-6-14)16-9-17-13/h2-5,8-9H,6-7,14H2,1H3,(H2,15,16,17,18). The van der Waals surface area contributed by atoms with Crippen LogP contribution in [-0.2, 0) is 0 Å². The Hall–Kier alpha value is -2.14. The zero-order valence-electron chi connectivity index (χ0n) is 10.4. The second-order valence-corrected chi connectivity index (χ2v) is 3.94. The molecule has 0 amide bonds. The maximum absolute atomic E-state index is 5.44. The largest absolute Gasteiger partial charge is 0.369 e. The quantitative estimate of drug-likeness (QED) is 0.747. The van der Waals surface area contributed by atoms with Gasteiger partial charge in [0.15, 0.2) is 0 Å². The molecule has 1 aromatic carbocycles. The number of benzene rings is 1. The lowest BCUT2D eigenvalue weighted by atomic mass is 10.2. The minimum absolute atomic E-state index is 0.574. The van der Waals surface area contributed by atoms with Crippen LogP contribution in [0.4, 0.5) is 17.3 Å². The van der Waals surface area contributed by atoms with Crippen LogP contribution in [0.3, 0.4) is 0 Å². The van der Waals surface area contributed by atoms with Crippen LogP contribution in [0.5, 0.6) is 0 Å². The van der Waals surface area contributed by atoms with Gasteiger partial charge in [-0.2, -0.15) is 0 Å². The van der Waals surface area contributed by atoms with E-state index in [9.17, 15) is 0 Å². The first-order valence-electron chi connectivity index (χ1n) is 5.88. The molecule has 1 aromatic heterocycles. The molecule has 0 saturated heterocycles. The van der Waals surface area contributed by atoms with Crippen LogP contribution < -0.4 is 16.4 Å². The number of anilines is 3. The molecule has 0 aliphatic heterocycles. The highest BCUT2D eigenvalue weighted by Crippen LogP contribution is 2.19. The summed E-state index contributed by atoms with van der Waals surface area (Å²) in [4.78, 5) is 8.31. The lowest BCUT2D eigenvalue weighted by molar-refractivity contribution is 1.00. The molecule has 94 valence electrons. The molecule has 0 bridgehead atoms. The molecule has 0 atom stereocenters. The lowest BCUT2D eigenvalue weighted by Crippen LogP contribution is -2.14. The molecule has 5 nitrogen and oxygen atoms in total. The number of nitrogens with zero attached hydrogens (tertiary/aromatic N) is 2. The van der Waals surface area contributed by atoms with Crippen molar-refractivity contribution < 1.29 is 0 Å². The minimum Gasteiger partial charge on any atom is -0.369 e. The number of nitrogens with one attached hydrogen (secondary N) is 2. The summed E-state index contributed by atoms with van der Waals surface area (Å²) in [7, 11) is 0. The van der Waals surface area contributed by atoms with E-state index in [2.05, 4.69) is 33.6 Å². The summed E-state index contributed by atoms with van der Waals surface area (Å²) in [5, 5.41) is 6.39. The average Bonchev–Trinajstić information content (AvgIpc) is 2.40. The Kier molecular flexibility index (Phi) is 4.09. The van der Waals surface area contributed by atoms with Gasteiger partial charge in [0.25, 0.3) is 0 Å². The second kappa shape index (κ2) is 5.97. The molecule has 0 aliphatic carbocycles. The number of rotatable bonds is 5. The molecule has 2 rings (SSSR count). The Balaban J connectivity index is 2.12. The topological polar surface area (TPSA) is 75.9 Å². The summed E-state index contributed by atoms with van der Waals surface area (Å²) in [6, 6.07) is 9.93. The Morgan fingerprint density at radius 3 is 2.72 bits per heavy atom. The van der Waals surface area contributed by atoms with Crippen molar-refractivity contribution in [3.63, 3.8) is 0 Å². The molecule has 18 heavy (non-hydrogen) atoms. The number of hydrogen-bond acceptors (Lipinski definition) is 5. The first-order chi connectivity index (χ1) is 8.79. The van der Waals surface area contributed by atoms with Crippen molar-refractivity contribution in [1.82, 2.24) is 9.97 Å². The maximum atomic E-state index is 5.44. The summed E-state index contributed by atoms with van der Waals surface area (Å²) in [5.74, 6) is 1.53. The highest BCUT2D eigenvalue weighted by molar-refractivity contribution is 5.61. The van der Waals surface area contributed by atoms with E-state index in [1.54, 1.807) is 0 Å². The summed E-state index contributed by atoms with van der Waals surface area (Å²) >= 11 is 0. The number of nitrogens with two attached hydrogens (primary N) is 1. The van der Waals surface area contributed by atoms with E-state index >= 15 is 0 Å². The van der Waals surface area contributed by atoms with Gasteiger partial charge >= 0.3 is 0 Å². The fourth-order valence-electron chi connectivity index (χ4n) is 1.57. The van der Waals surface area contributed by atoms with Crippen LogP contribution in [-0.4, -0.2) is 23.1 Å². The smallest absolute Gasteiger partial charge is 0.135 e. The fourth-order valence-corrected chi connectivity index (χ4v) is 1.57. The first-order valence-corrected chi connectivity index (χ1v) is 5.88. The van der Waals surface area contributed by atoms with Crippen LogP contribution in [0.15, 0.2) is 36.7 Å². The summed E-state index contributed by atoms with van der Waals surface area (Å²) in [6.45, 7) is 3.32. The van der Waals surface area contributed by atoms with Gasteiger partial charge in [0.05, 0.1) is 0 Å². The van der Waals surface area contributed by atoms with Gasteiger partial charge < -0.3 is 16.4 Å². The van der Waals surface area contributed by atoms with Crippen LogP contribution in [0.1, 0.15) is 5.56 Å².